The van der Waals surface area contributed by atoms with Crippen LogP contribution < -0.4 is 16.6 Å². The number of H-pyrrole nitrogens is 1. The third-order valence-corrected chi connectivity index (χ3v) is 10.9. The number of carbonyl (C=O) groups excluding carboxylic acids is 1. The first-order chi connectivity index (χ1) is 23.9. The Bertz CT molecular complexity index is 1500. The molecule has 1 saturated heterocycles. The number of aromatic nitrogens is 1. The summed E-state index contributed by atoms with van der Waals surface area (Å²) in [6.45, 7) is 5.19. The van der Waals surface area contributed by atoms with Crippen molar-refractivity contribution in [1.82, 2.24) is 15.2 Å². The number of pyridine rings is 1. The number of likely N-dealkylation sites (tertiary alicyclic amines) is 1. The second kappa shape index (κ2) is 18.7. The highest BCUT2D eigenvalue weighted by Crippen LogP contribution is 2.40. The van der Waals surface area contributed by atoms with E-state index < -0.39 is 11.6 Å². The van der Waals surface area contributed by atoms with Crippen molar-refractivity contribution in [3.63, 3.8) is 0 Å². The SMILES string of the molecule is N[C@@H](CNCCCCCCCCCN1CCC(COC(=O)C(O)(c2ccccc2)C2CCCCC2)CC1)c1ccc(O)c2[nH]c(=O)ccc12. The van der Waals surface area contributed by atoms with E-state index in [1.807, 2.05) is 36.4 Å². The van der Waals surface area contributed by atoms with Crippen molar-refractivity contribution in [2.75, 3.05) is 39.3 Å². The number of fused-ring (bicyclic) bond motifs is 1. The molecule has 1 unspecified atom stereocenters. The number of nitrogens with zero attached hydrogens (tertiary/aromatic N) is 1. The van der Waals surface area contributed by atoms with Crippen LogP contribution in [0.1, 0.15) is 107 Å². The predicted octanol–water partition coefficient (Wildman–Crippen LogP) is 6.28. The van der Waals surface area contributed by atoms with Gasteiger partial charge in [-0.3, -0.25) is 4.79 Å². The Morgan fingerprint density at radius 1 is 0.918 bits per heavy atom. The van der Waals surface area contributed by atoms with Crippen LogP contribution in [0.3, 0.4) is 0 Å². The van der Waals surface area contributed by atoms with E-state index in [2.05, 4.69) is 15.2 Å². The molecule has 1 aromatic heterocycles. The van der Waals surface area contributed by atoms with Crippen LogP contribution in [0.4, 0.5) is 0 Å². The first-order valence-electron chi connectivity index (χ1n) is 18.8. The third-order valence-electron chi connectivity index (χ3n) is 10.9. The summed E-state index contributed by atoms with van der Waals surface area (Å²) in [6.07, 6.45) is 15.6. The minimum atomic E-state index is -1.55. The van der Waals surface area contributed by atoms with E-state index in [0.717, 1.165) is 82.1 Å². The zero-order valence-corrected chi connectivity index (χ0v) is 29.2. The molecule has 0 spiro atoms. The summed E-state index contributed by atoms with van der Waals surface area (Å²) in [5.41, 5.74) is 6.64. The second-order valence-corrected chi connectivity index (χ2v) is 14.4. The van der Waals surface area contributed by atoms with Crippen LogP contribution in [0.2, 0.25) is 0 Å². The zero-order chi connectivity index (χ0) is 34.5. The molecule has 0 bridgehead atoms. The lowest BCUT2D eigenvalue weighted by Crippen LogP contribution is -2.46. The van der Waals surface area contributed by atoms with Crippen LogP contribution in [0.5, 0.6) is 5.75 Å². The maximum Gasteiger partial charge on any atom is 0.343 e. The van der Waals surface area contributed by atoms with Crippen LogP contribution in [-0.2, 0) is 15.1 Å². The molecule has 2 fully saturated rings. The van der Waals surface area contributed by atoms with Crippen LogP contribution in [0, 0.1) is 11.8 Å². The molecule has 1 aliphatic carbocycles. The maximum absolute atomic E-state index is 13.4. The standard InChI is InChI=1S/C40H58N4O5/c41-35(33-18-20-36(45)38-34(33)19-21-37(46)43-38)28-42-24-12-4-2-1-3-5-13-25-44-26-22-30(23-27-44)29-49-39(47)40(48,31-14-8-6-9-15-31)32-16-10-7-11-17-32/h6,8-9,14-15,18-21,30,32,35,42,45,48H,1-5,7,10-13,16-17,22-29,41H2,(H,43,46)/t35-,40?/m0/s1. The van der Waals surface area contributed by atoms with Gasteiger partial charge in [0.05, 0.1) is 12.1 Å². The smallest absolute Gasteiger partial charge is 0.343 e. The van der Waals surface area contributed by atoms with Gasteiger partial charge in [-0.15, -0.1) is 0 Å². The molecule has 0 radical (unpaired) electrons. The Kier molecular flexibility index (Phi) is 14.1. The van der Waals surface area contributed by atoms with E-state index in [1.54, 1.807) is 12.1 Å². The lowest BCUT2D eigenvalue weighted by atomic mass is 9.73. The number of hydrogen-bond acceptors (Lipinski definition) is 8. The fraction of sp³-hybridized carbons (Fsp3) is 0.600. The number of aromatic hydroxyl groups is 1. The molecule has 9 heteroatoms. The average Bonchev–Trinajstić information content (AvgIpc) is 3.14. The number of unbranched alkanes of at least 4 members (excludes halogenated alkanes) is 6. The van der Waals surface area contributed by atoms with Gasteiger partial charge in [-0.1, -0.05) is 87.8 Å². The molecule has 2 atom stereocenters. The average molecular weight is 675 g/mol. The van der Waals surface area contributed by atoms with Gasteiger partial charge in [0, 0.05) is 30.0 Å². The molecule has 3 aromatic rings. The fourth-order valence-corrected chi connectivity index (χ4v) is 7.83. The van der Waals surface area contributed by atoms with Gasteiger partial charge in [0.1, 0.15) is 5.75 Å². The molecular weight excluding hydrogens is 616 g/mol. The summed E-state index contributed by atoms with van der Waals surface area (Å²) >= 11 is 0. The molecule has 6 N–H and O–H groups in total. The molecule has 49 heavy (non-hydrogen) atoms. The third kappa shape index (κ3) is 10.2. The van der Waals surface area contributed by atoms with Gasteiger partial charge in [0.2, 0.25) is 5.56 Å². The van der Waals surface area contributed by atoms with Gasteiger partial charge >= 0.3 is 5.97 Å². The molecule has 9 nitrogen and oxygen atoms in total. The van der Waals surface area contributed by atoms with Gasteiger partial charge in [-0.25, -0.2) is 4.79 Å². The van der Waals surface area contributed by atoms with Gasteiger partial charge in [0.25, 0.3) is 0 Å². The van der Waals surface area contributed by atoms with Crippen molar-refractivity contribution in [1.29, 1.82) is 0 Å². The topological polar surface area (TPSA) is 141 Å². The summed E-state index contributed by atoms with van der Waals surface area (Å²) in [4.78, 5) is 30.3. The fourth-order valence-electron chi connectivity index (χ4n) is 7.83. The number of phenols is 1. The van der Waals surface area contributed by atoms with Gasteiger partial charge < -0.3 is 35.9 Å². The first kappa shape index (κ1) is 37.0. The maximum atomic E-state index is 13.4. The molecule has 2 heterocycles. The minimum Gasteiger partial charge on any atom is -0.506 e. The summed E-state index contributed by atoms with van der Waals surface area (Å²) in [5.74, 6) is -0.136. The number of piperidine rings is 1. The van der Waals surface area contributed by atoms with Crippen LogP contribution in [0.25, 0.3) is 10.9 Å². The summed E-state index contributed by atoms with van der Waals surface area (Å²) in [6, 6.07) is 15.8. The molecular formula is C40H58N4O5. The van der Waals surface area contributed by atoms with Crippen molar-refractivity contribution in [3.8, 4) is 5.75 Å². The molecule has 1 saturated carbocycles. The number of ether oxygens (including phenoxy) is 1. The number of nitrogens with two attached hydrogens (primary N) is 1. The highest BCUT2D eigenvalue weighted by atomic mass is 16.5. The van der Waals surface area contributed by atoms with E-state index in [4.69, 9.17) is 10.5 Å². The number of carbonyl (C=O) groups is 1. The van der Waals surface area contributed by atoms with Crippen LogP contribution >= 0.6 is 0 Å². The molecule has 5 rings (SSSR count). The van der Waals surface area contributed by atoms with Crippen molar-refractivity contribution in [2.45, 2.75) is 102 Å². The lowest BCUT2D eigenvalue weighted by Gasteiger charge is -2.37. The van der Waals surface area contributed by atoms with E-state index in [9.17, 15) is 19.8 Å². The lowest BCUT2D eigenvalue weighted by molar-refractivity contribution is -0.177. The van der Waals surface area contributed by atoms with Crippen LogP contribution in [-0.4, -0.2) is 65.4 Å². The minimum absolute atomic E-state index is 0.0532. The Morgan fingerprint density at radius 3 is 2.35 bits per heavy atom. The van der Waals surface area contributed by atoms with E-state index in [-0.39, 0.29) is 23.3 Å². The Hall–Kier alpha value is -3.24. The Labute approximate surface area is 291 Å². The predicted molar refractivity (Wildman–Crippen MR) is 195 cm³/mol. The number of benzene rings is 2. The number of nitrogens with one attached hydrogen (secondary N) is 2. The summed E-state index contributed by atoms with van der Waals surface area (Å²) < 4.78 is 5.87. The monoisotopic (exact) mass is 674 g/mol. The number of aliphatic hydroxyl groups is 1. The second-order valence-electron chi connectivity index (χ2n) is 14.4. The number of hydrogen-bond donors (Lipinski definition) is 5. The number of aromatic amines is 1. The molecule has 268 valence electrons. The number of phenolic OH excluding ortho intramolecular Hbond substituents is 1. The first-order valence-corrected chi connectivity index (χ1v) is 18.8. The van der Waals surface area contributed by atoms with Gasteiger partial charge in [0.15, 0.2) is 5.60 Å². The number of esters is 1. The molecule has 1 aliphatic heterocycles. The van der Waals surface area contributed by atoms with Gasteiger partial charge in [-0.2, -0.15) is 0 Å². The summed E-state index contributed by atoms with van der Waals surface area (Å²) in [5, 5.41) is 26.1. The van der Waals surface area contributed by atoms with Gasteiger partial charge in [-0.05, 0) is 93.9 Å². The van der Waals surface area contributed by atoms with Crippen molar-refractivity contribution < 1.29 is 19.7 Å². The molecule has 0 amide bonds. The van der Waals surface area contributed by atoms with E-state index in [0.29, 0.717) is 30.1 Å². The molecule has 2 aliphatic rings. The molecule has 2 aromatic carbocycles. The van der Waals surface area contributed by atoms with Crippen molar-refractivity contribution in [2.24, 2.45) is 17.6 Å². The van der Waals surface area contributed by atoms with E-state index in [1.165, 1.54) is 51.0 Å². The normalized spacial score (nSPS) is 18.3. The zero-order valence-electron chi connectivity index (χ0n) is 29.2. The Morgan fingerprint density at radius 2 is 1.61 bits per heavy atom. The van der Waals surface area contributed by atoms with Crippen molar-refractivity contribution in [3.05, 3.63) is 76.1 Å². The van der Waals surface area contributed by atoms with E-state index >= 15 is 0 Å². The largest absolute Gasteiger partial charge is 0.506 e. The van der Waals surface area contributed by atoms with Crippen LogP contribution in [0.15, 0.2) is 59.4 Å². The highest BCUT2D eigenvalue weighted by molar-refractivity contribution is 5.87. The quantitative estimate of drug-likeness (QED) is 0.0785. The summed E-state index contributed by atoms with van der Waals surface area (Å²) in [7, 11) is 0. The number of rotatable bonds is 18. The Balaban J connectivity index is 0.888. The highest BCUT2D eigenvalue weighted by Gasteiger charge is 2.47. The van der Waals surface area contributed by atoms with Crippen molar-refractivity contribution >= 4 is 16.9 Å².